The molecule has 1 aromatic rings. The molecule has 0 saturated heterocycles. The number of hydrogen-bond donors (Lipinski definition) is 0. The monoisotopic (exact) mass is 276 g/mol. The highest BCUT2D eigenvalue weighted by Crippen LogP contribution is 2.30. The molecule has 2 rings (SSSR count). The molecule has 3 heteroatoms. The van der Waals surface area contributed by atoms with E-state index in [-0.39, 0.29) is 5.97 Å². The number of esters is 1. The van der Waals surface area contributed by atoms with Crippen molar-refractivity contribution < 1.29 is 14.3 Å². The zero-order chi connectivity index (χ0) is 14.4. The molecule has 1 aromatic carbocycles. The molecule has 0 radical (unpaired) electrons. The molecule has 0 unspecified atom stereocenters. The standard InChI is InChI=1S/C17H24O3/c1-3-4-5-6-7-15-10-8-13-12-14(17(18)19-2)9-11-16(13)20-15/h9,11-12,15H,3-8,10H2,1-2H3/t15-/m0/s1. The van der Waals surface area contributed by atoms with Gasteiger partial charge in [-0.05, 0) is 49.4 Å². The van der Waals surface area contributed by atoms with Gasteiger partial charge in [0, 0.05) is 0 Å². The first-order chi connectivity index (χ1) is 9.74. The number of rotatable bonds is 6. The van der Waals surface area contributed by atoms with E-state index in [1.54, 1.807) is 6.07 Å². The SMILES string of the molecule is CCCCCC[C@H]1CCc2cc(C(=O)OC)ccc2O1. The maximum Gasteiger partial charge on any atom is 0.337 e. The highest BCUT2D eigenvalue weighted by atomic mass is 16.5. The summed E-state index contributed by atoms with van der Waals surface area (Å²) in [6.45, 7) is 2.23. The number of unbranched alkanes of at least 4 members (excludes halogenated alkanes) is 3. The van der Waals surface area contributed by atoms with E-state index in [9.17, 15) is 4.79 Å². The first kappa shape index (κ1) is 14.9. The van der Waals surface area contributed by atoms with Gasteiger partial charge in [-0.3, -0.25) is 0 Å². The molecule has 20 heavy (non-hydrogen) atoms. The van der Waals surface area contributed by atoms with Gasteiger partial charge in [-0.15, -0.1) is 0 Å². The van der Waals surface area contributed by atoms with Crippen LogP contribution in [0.1, 0.15) is 61.4 Å². The Balaban J connectivity index is 1.92. The van der Waals surface area contributed by atoms with Gasteiger partial charge in [-0.25, -0.2) is 4.79 Å². The summed E-state index contributed by atoms with van der Waals surface area (Å²) < 4.78 is 10.8. The quantitative estimate of drug-likeness (QED) is 0.578. The Morgan fingerprint density at radius 3 is 2.95 bits per heavy atom. The predicted molar refractivity (Wildman–Crippen MR) is 79.3 cm³/mol. The zero-order valence-electron chi connectivity index (χ0n) is 12.5. The van der Waals surface area contributed by atoms with E-state index in [1.807, 2.05) is 12.1 Å². The van der Waals surface area contributed by atoms with Gasteiger partial charge >= 0.3 is 5.97 Å². The maximum absolute atomic E-state index is 11.5. The van der Waals surface area contributed by atoms with E-state index >= 15 is 0 Å². The molecule has 3 nitrogen and oxygen atoms in total. The predicted octanol–water partition coefficient (Wildman–Crippen LogP) is 4.14. The van der Waals surface area contributed by atoms with Crippen LogP contribution in [0.25, 0.3) is 0 Å². The molecule has 0 aliphatic carbocycles. The molecule has 110 valence electrons. The van der Waals surface area contributed by atoms with E-state index < -0.39 is 0 Å². The second-order valence-corrected chi connectivity index (χ2v) is 5.44. The summed E-state index contributed by atoms with van der Waals surface area (Å²) >= 11 is 0. The number of carbonyl (C=O) groups is 1. The van der Waals surface area contributed by atoms with Crippen LogP contribution in [-0.2, 0) is 11.2 Å². The number of ether oxygens (including phenoxy) is 2. The van der Waals surface area contributed by atoms with Gasteiger partial charge in [0.25, 0.3) is 0 Å². The van der Waals surface area contributed by atoms with Crippen molar-refractivity contribution in [3.8, 4) is 5.75 Å². The van der Waals surface area contributed by atoms with Gasteiger partial charge in [0.15, 0.2) is 0 Å². The van der Waals surface area contributed by atoms with Crippen molar-refractivity contribution >= 4 is 5.97 Å². The summed E-state index contributed by atoms with van der Waals surface area (Å²) in [6.07, 6.45) is 8.62. The number of carbonyl (C=O) groups excluding carboxylic acids is 1. The maximum atomic E-state index is 11.5. The van der Waals surface area contributed by atoms with Gasteiger partial charge in [0.05, 0.1) is 18.8 Å². The van der Waals surface area contributed by atoms with Crippen molar-refractivity contribution in [1.29, 1.82) is 0 Å². The normalized spacial score (nSPS) is 17.2. The lowest BCUT2D eigenvalue weighted by atomic mass is 9.97. The number of hydrogen-bond acceptors (Lipinski definition) is 3. The van der Waals surface area contributed by atoms with Gasteiger partial charge in [0.1, 0.15) is 5.75 Å². The fourth-order valence-electron chi connectivity index (χ4n) is 2.69. The summed E-state index contributed by atoms with van der Waals surface area (Å²) in [4.78, 5) is 11.5. The van der Waals surface area contributed by atoms with Crippen molar-refractivity contribution in [3.05, 3.63) is 29.3 Å². The Morgan fingerprint density at radius 2 is 2.20 bits per heavy atom. The van der Waals surface area contributed by atoms with Crippen LogP contribution in [0.2, 0.25) is 0 Å². The van der Waals surface area contributed by atoms with Crippen molar-refractivity contribution in [2.75, 3.05) is 7.11 Å². The van der Waals surface area contributed by atoms with Crippen LogP contribution < -0.4 is 4.74 Å². The van der Waals surface area contributed by atoms with Crippen LogP contribution in [0.3, 0.4) is 0 Å². The molecule has 1 aliphatic heterocycles. The number of fused-ring (bicyclic) bond motifs is 1. The molecule has 1 atom stereocenters. The van der Waals surface area contributed by atoms with Crippen LogP contribution in [0.5, 0.6) is 5.75 Å². The van der Waals surface area contributed by atoms with Gasteiger partial charge in [-0.2, -0.15) is 0 Å². The van der Waals surface area contributed by atoms with Crippen molar-refractivity contribution in [3.63, 3.8) is 0 Å². The third-order valence-electron chi connectivity index (χ3n) is 3.89. The Kier molecular flexibility index (Phi) is 5.45. The first-order valence-corrected chi connectivity index (χ1v) is 7.62. The molecular weight excluding hydrogens is 252 g/mol. The molecule has 0 bridgehead atoms. The molecule has 0 N–H and O–H groups in total. The van der Waals surface area contributed by atoms with Crippen molar-refractivity contribution in [1.82, 2.24) is 0 Å². The van der Waals surface area contributed by atoms with Crippen LogP contribution in [0.15, 0.2) is 18.2 Å². The molecule has 0 amide bonds. The van der Waals surface area contributed by atoms with E-state index in [4.69, 9.17) is 9.47 Å². The topological polar surface area (TPSA) is 35.5 Å². The minimum atomic E-state index is -0.283. The molecular formula is C17H24O3. The lowest BCUT2D eigenvalue weighted by molar-refractivity contribution is 0.0600. The van der Waals surface area contributed by atoms with Gasteiger partial charge < -0.3 is 9.47 Å². The summed E-state index contributed by atoms with van der Waals surface area (Å²) in [5, 5.41) is 0. The number of benzene rings is 1. The van der Waals surface area contributed by atoms with Crippen LogP contribution in [-0.4, -0.2) is 19.2 Å². The zero-order valence-corrected chi connectivity index (χ0v) is 12.5. The van der Waals surface area contributed by atoms with Crippen molar-refractivity contribution in [2.24, 2.45) is 0 Å². The van der Waals surface area contributed by atoms with E-state index in [0.717, 1.165) is 30.6 Å². The summed E-state index contributed by atoms with van der Waals surface area (Å²) in [5.41, 5.74) is 1.73. The molecule has 0 aromatic heterocycles. The van der Waals surface area contributed by atoms with Crippen LogP contribution in [0, 0.1) is 0 Å². The van der Waals surface area contributed by atoms with Crippen molar-refractivity contribution in [2.45, 2.75) is 58.0 Å². The lowest BCUT2D eigenvalue weighted by Gasteiger charge is -2.26. The smallest absolute Gasteiger partial charge is 0.337 e. The Labute approximate surface area is 121 Å². The third kappa shape index (κ3) is 3.75. The van der Waals surface area contributed by atoms with Gasteiger partial charge in [-0.1, -0.05) is 26.2 Å². The average Bonchev–Trinajstić information content (AvgIpc) is 2.50. The molecule has 0 saturated carbocycles. The van der Waals surface area contributed by atoms with E-state index in [2.05, 4.69) is 6.92 Å². The molecule has 1 heterocycles. The number of methoxy groups -OCH3 is 1. The summed E-state index contributed by atoms with van der Waals surface area (Å²) in [6, 6.07) is 5.58. The third-order valence-corrected chi connectivity index (χ3v) is 3.89. The fraction of sp³-hybridized carbons (Fsp3) is 0.588. The second-order valence-electron chi connectivity index (χ2n) is 5.44. The fourth-order valence-corrected chi connectivity index (χ4v) is 2.69. The first-order valence-electron chi connectivity index (χ1n) is 7.62. The Hall–Kier alpha value is -1.51. The molecule has 1 aliphatic rings. The Morgan fingerprint density at radius 1 is 1.35 bits per heavy atom. The van der Waals surface area contributed by atoms with Crippen LogP contribution >= 0.6 is 0 Å². The highest BCUT2D eigenvalue weighted by molar-refractivity contribution is 5.89. The van der Waals surface area contributed by atoms with E-state index in [1.165, 1.54) is 32.8 Å². The summed E-state index contributed by atoms with van der Waals surface area (Å²) in [7, 11) is 1.41. The molecule has 0 fully saturated rings. The van der Waals surface area contributed by atoms with Gasteiger partial charge in [0.2, 0.25) is 0 Å². The number of aryl methyl sites for hydroxylation is 1. The average molecular weight is 276 g/mol. The Bertz CT molecular complexity index is 454. The van der Waals surface area contributed by atoms with E-state index in [0.29, 0.717) is 11.7 Å². The molecule has 0 spiro atoms. The lowest BCUT2D eigenvalue weighted by Crippen LogP contribution is -2.22. The second kappa shape index (κ2) is 7.32. The highest BCUT2D eigenvalue weighted by Gasteiger charge is 2.20. The minimum absolute atomic E-state index is 0.283. The summed E-state index contributed by atoms with van der Waals surface area (Å²) in [5.74, 6) is 0.652. The van der Waals surface area contributed by atoms with Crippen LogP contribution in [0.4, 0.5) is 0 Å². The largest absolute Gasteiger partial charge is 0.490 e. The minimum Gasteiger partial charge on any atom is -0.490 e.